The first-order valence-electron chi connectivity index (χ1n) is 4.95. The molecule has 0 bridgehead atoms. The third-order valence-corrected chi connectivity index (χ3v) is 2.19. The van der Waals surface area contributed by atoms with Crippen LogP contribution in [0.2, 0.25) is 0 Å². The maximum Gasteiger partial charge on any atom is 0.0643 e. The first-order chi connectivity index (χ1) is 5.81. The van der Waals surface area contributed by atoms with Crippen LogP contribution >= 0.6 is 0 Å². The summed E-state index contributed by atoms with van der Waals surface area (Å²) >= 11 is 0. The number of unbranched alkanes of at least 4 members (excludes halogenated alkanes) is 1. The van der Waals surface area contributed by atoms with Crippen LogP contribution in [0.15, 0.2) is 12.2 Å². The van der Waals surface area contributed by atoms with Crippen molar-refractivity contribution < 1.29 is 4.74 Å². The zero-order chi connectivity index (χ0) is 9.23. The van der Waals surface area contributed by atoms with Gasteiger partial charge in [0.25, 0.3) is 0 Å². The number of ether oxygens (including phenoxy) is 1. The van der Waals surface area contributed by atoms with Crippen molar-refractivity contribution in [3.8, 4) is 0 Å². The molecule has 0 saturated heterocycles. The van der Waals surface area contributed by atoms with Gasteiger partial charge in [-0.05, 0) is 18.8 Å². The lowest BCUT2D eigenvalue weighted by atomic mass is 10.0. The van der Waals surface area contributed by atoms with Crippen LogP contribution in [0.4, 0.5) is 0 Å². The maximum absolute atomic E-state index is 4.90. The van der Waals surface area contributed by atoms with Gasteiger partial charge in [-0.2, -0.15) is 0 Å². The second-order valence-electron chi connectivity index (χ2n) is 3.37. The van der Waals surface area contributed by atoms with Crippen LogP contribution in [0, 0.1) is 5.92 Å². The fourth-order valence-electron chi connectivity index (χ4n) is 1.07. The minimum atomic E-state index is 0.753. The van der Waals surface area contributed by atoms with Crippen molar-refractivity contribution in [2.75, 3.05) is 13.7 Å². The molecule has 1 nitrogen and oxygen atoms in total. The van der Waals surface area contributed by atoms with Gasteiger partial charge in [-0.15, -0.1) is 0 Å². The first-order valence-corrected chi connectivity index (χ1v) is 4.95. The molecular formula is C11H22O. The zero-order valence-electron chi connectivity index (χ0n) is 8.68. The van der Waals surface area contributed by atoms with E-state index in [4.69, 9.17) is 4.74 Å². The fourth-order valence-corrected chi connectivity index (χ4v) is 1.07. The molecule has 1 heteroatoms. The maximum atomic E-state index is 4.90. The summed E-state index contributed by atoms with van der Waals surface area (Å²) in [6.07, 6.45) is 9.49. The summed E-state index contributed by atoms with van der Waals surface area (Å²) in [7, 11) is 1.73. The van der Waals surface area contributed by atoms with Crippen molar-refractivity contribution in [3.63, 3.8) is 0 Å². The van der Waals surface area contributed by atoms with Gasteiger partial charge in [0.2, 0.25) is 0 Å². The van der Waals surface area contributed by atoms with Gasteiger partial charge in [-0.3, -0.25) is 0 Å². The Kier molecular flexibility index (Phi) is 8.57. The molecule has 1 unspecified atom stereocenters. The van der Waals surface area contributed by atoms with Crippen molar-refractivity contribution in [2.24, 2.45) is 5.92 Å². The Balaban J connectivity index is 3.09. The minimum absolute atomic E-state index is 0.753. The van der Waals surface area contributed by atoms with Gasteiger partial charge < -0.3 is 4.74 Å². The third kappa shape index (κ3) is 7.80. The van der Waals surface area contributed by atoms with E-state index in [9.17, 15) is 0 Å². The van der Waals surface area contributed by atoms with Crippen LogP contribution in [-0.2, 0) is 4.74 Å². The van der Waals surface area contributed by atoms with Crippen LogP contribution in [0.5, 0.6) is 0 Å². The summed E-state index contributed by atoms with van der Waals surface area (Å²) < 4.78 is 4.90. The predicted molar refractivity (Wildman–Crippen MR) is 54.3 cm³/mol. The second-order valence-corrected chi connectivity index (χ2v) is 3.37. The molecule has 0 saturated carbocycles. The monoisotopic (exact) mass is 170 g/mol. The molecule has 0 amide bonds. The number of hydrogen-bond donors (Lipinski definition) is 0. The van der Waals surface area contributed by atoms with Crippen LogP contribution in [0.3, 0.4) is 0 Å². The van der Waals surface area contributed by atoms with E-state index in [-0.39, 0.29) is 0 Å². The Morgan fingerprint density at radius 3 is 2.67 bits per heavy atom. The average Bonchev–Trinajstić information content (AvgIpc) is 2.10. The number of allylic oxidation sites excluding steroid dienone is 1. The molecule has 0 heterocycles. The molecule has 0 N–H and O–H groups in total. The van der Waals surface area contributed by atoms with Crippen molar-refractivity contribution in [3.05, 3.63) is 12.2 Å². The summed E-state index contributed by atoms with van der Waals surface area (Å²) in [6, 6.07) is 0. The van der Waals surface area contributed by atoms with Crippen molar-refractivity contribution in [1.82, 2.24) is 0 Å². The molecule has 0 aromatic heterocycles. The van der Waals surface area contributed by atoms with E-state index in [0.717, 1.165) is 12.5 Å². The zero-order valence-corrected chi connectivity index (χ0v) is 8.68. The molecule has 0 fully saturated rings. The molecule has 12 heavy (non-hydrogen) atoms. The number of methoxy groups -OCH3 is 1. The van der Waals surface area contributed by atoms with Crippen LogP contribution < -0.4 is 0 Å². The normalized spacial score (nSPS) is 13.9. The van der Waals surface area contributed by atoms with Gasteiger partial charge in [0, 0.05) is 7.11 Å². The van der Waals surface area contributed by atoms with Gasteiger partial charge in [-0.25, -0.2) is 0 Å². The van der Waals surface area contributed by atoms with Gasteiger partial charge in [0.05, 0.1) is 6.61 Å². The lowest BCUT2D eigenvalue weighted by Gasteiger charge is -2.05. The lowest BCUT2D eigenvalue weighted by molar-refractivity contribution is 0.233. The Morgan fingerprint density at radius 2 is 2.08 bits per heavy atom. The molecule has 0 radical (unpaired) electrons. The highest BCUT2D eigenvalue weighted by Crippen LogP contribution is 2.10. The van der Waals surface area contributed by atoms with Crippen molar-refractivity contribution >= 4 is 0 Å². The van der Waals surface area contributed by atoms with Gasteiger partial charge in [0.1, 0.15) is 0 Å². The number of rotatable bonds is 7. The van der Waals surface area contributed by atoms with Crippen LogP contribution in [0.1, 0.15) is 39.5 Å². The van der Waals surface area contributed by atoms with E-state index in [1.54, 1.807) is 7.11 Å². The van der Waals surface area contributed by atoms with Crippen molar-refractivity contribution in [1.29, 1.82) is 0 Å². The summed E-state index contributed by atoms with van der Waals surface area (Å²) in [5.41, 5.74) is 0. The minimum Gasteiger partial charge on any atom is -0.381 e. The largest absolute Gasteiger partial charge is 0.381 e. The van der Waals surface area contributed by atoms with Gasteiger partial charge in [-0.1, -0.05) is 38.8 Å². The molecule has 0 aliphatic heterocycles. The van der Waals surface area contributed by atoms with E-state index in [1.807, 2.05) is 0 Å². The van der Waals surface area contributed by atoms with Crippen molar-refractivity contribution in [2.45, 2.75) is 39.5 Å². The molecule has 1 atom stereocenters. The molecule has 72 valence electrons. The van der Waals surface area contributed by atoms with E-state index < -0.39 is 0 Å². The Hall–Kier alpha value is -0.300. The van der Waals surface area contributed by atoms with Crippen LogP contribution in [0.25, 0.3) is 0 Å². The summed E-state index contributed by atoms with van der Waals surface area (Å²) in [5, 5.41) is 0. The summed E-state index contributed by atoms with van der Waals surface area (Å²) in [5.74, 6) is 0.890. The molecule has 0 aromatic rings. The average molecular weight is 170 g/mol. The highest BCUT2D eigenvalue weighted by Gasteiger charge is 1.95. The second kappa shape index (κ2) is 8.79. The Morgan fingerprint density at radius 1 is 1.33 bits per heavy atom. The molecule has 0 aliphatic rings. The Bertz CT molecular complexity index is 108. The molecule has 0 aliphatic carbocycles. The van der Waals surface area contributed by atoms with Gasteiger partial charge >= 0.3 is 0 Å². The summed E-state index contributed by atoms with van der Waals surface area (Å²) in [6.45, 7) is 5.33. The van der Waals surface area contributed by atoms with Gasteiger partial charge in [0.15, 0.2) is 0 Å². The first kappa shape index (κ1) is 11.7. The molecule has 0 spiro atoms. The molecule has 0 aromatic carbocycles. The topological polar surface area (TPSA) is 9.23 Å². The Labute approximate surface area is 76.8 Å². The smallest absolute Gasteiger partial charge is 0.0643 e. The fraction of sp³-hybridized carbons (Fsp3) is 0.818. The van der Waals surface area contributed by atoms with Crippen LogP contribution in [-0.4, -0.2) is 13.7 Å². The van der Waals surface area contributed by atoms with E-state index >= 15 is 0 Å². The standard InChI is InChI=1S/C11H22O/c1-4-11(2)9-7-5-6-8-10-12-3/h6,8,11H,4-5,7,9-10H2,1-3H3/b8-6+. The number of hydrogen-bond acceptors (Lipinski definition) is 1. The lowest BCUT2D eigenvalue weighted by Crippen LogP contribution is -1.90. The van der Waals surface area contributed by atoms with E-state index in [2.05, 4.69) is 26.0 Å². The molecule has 0 rings (SSSR count). The highest BCUT2D eigenvalue weighted by atomic mass is 16.5. The summed E-state index contributed by atoms with van der Waals surface area (Å²) in [4.78, 5) is 0. The molecular weight excluding hydrogens is 148 g/mol. The SMILES string of the molecule is CCC(C)CCC/C=C/COC. The van der Waals surface area contributed by atoms with E-state index in [1.165, 1.54) is 25.7 Å². The highest BCUT2D eigenvalue weighted by molar-refractivity contribution is 4.81. The predicted octanol–water partition coefficient (Wildman–Crippen LogP) is 3.41. The third-order valence-electron chi connectivity index (χ3n) is 2.19. The van der Waals surface area contributed by atoms with E-state index in [0.29, 0.717) is 0 Å². The quantitative estimate of drug-likeness (QED) is 0.420.